The summed E-state index contributed by atoms with van der Waals surface area (Å²) in [5.41, 5.74) is 10.1. The van der Waals surface area contributed by atoms with E-state index < -0.39 is 0 Å². The van der Waals surface area contributed by atoms with Crippen molar-refractivity contribution in [3.05, 3.63) is 65.2 Å². The van der Waals surface area contributed by atoms with Gasteiger partial charge in [0.15, 0.2) is 0 Å². The molecule has 0 atom stereocenters. The molecule has 0 bridgehead atoms. The van der Waals surface area contributed by atoms with Gasteiger partial charge in [0.2, 0.25) is 0 Å². The molecule has 1 aliphatic rings. The number of carbonyl (C=O) groups excluding carboxylic acids is 2. The van der Waals surface area contributed by atoms with Gasteiger partial charge in [0.1, 0.15) is 5.84 Å². The molecular formula is C27H30N4O2. The number of nitrogen functional groups attached to an aromatic ring is 1. The SMILES string of the molecule is CCCCNc1ccc2c3c(ccc(-c4ccccc4C(=N)N)c13)C(=O)N(CCCC)C2=O. The van der Waals surface area contributed by atoms with Crippen LogP contribution in [-0.2, 0) is 0 Å². The van der Waals surface area contributed by atoms with Gasteiger partial charge in [-0.15, -0.1) is 0 Å². The van der Waals surface area contributed by atoms with E-state index in [0.29, 0.717) is 28.6 Å². The van der Waals surface area contributed by atoms with Crippen LogP contribution in [0.2, 0.25) is 0 Å². The van der Waals surface area contributed by atoms with Gasteiger partial charge in [-0.25, -0.2) is 0 Å². The van der Waals surface area contributed by atoms with Crippen molar-refractivity contribution in [1.29, 1.82) is 5.41 Å². The lowest BCUT2D eigenvalue weighted by Gasteiger charge is -2.29. The maximum Gasteiger partial charge on any atom is 0.261 e. The van der Waals surface area contributed by atoms with Crippen molar-refractivity contribution in [2.45, 2.75) is 39.5 Å². The van der Waals surface area contributed by atoms with Gasteiger partial charge < -0.3 is 11.1 Å². The zero-order valence-electron chi connectivity index (χ0n) is 19.2. The van der Waals surface area contributed by atoms with Crippen LogP contribution in [0.5, 0.6) is 0 Å². The lowest BCUT2D eigenvalue weighted by molar-refractivity contribution is 0.0608. The molecule has 6 nitrogen and oxygen atoms in total. The minimum absolute atomic E-state index is 0.0236. The van der Waals surface area contributed by atoms with E-state index in [1.54, 1.807) is 0 Å². The molecule has 0 fully saturated rings. The average molecular weight is 443 g/mol. The highest BCUT2D eigenvalue weighted by atomic mass is 16.2. The first-order valence-electron chi connectivity index (χ1n) is 11.6. The Hall–Kier alpha value is -3.67. The van der Waals surface area contributed by atoms with Crippen molar-refractivity contribution in [1.82, 2.24) is 4.90 Å². The molecule has 0 radical (unpaired) electrons. The molecule has 170 valence electrons. The summed E-state index contributed by atoms with van der Waals surface area (Å²) >= 11 is 0. The topological polar surface area (TPSA) is 99.3 Å². The van der Waals surface area contributed by atoms with Gasteiger partial charge >= 0.3 is 0 Å². The zero-order valence-corrected chi connectivity index (χ0v) is 19.2. The van der Waals surface area contributed by atoms with E-state index in [1.165, 1.54) is 4.90 Å². The molecule has 3 aromatic carbocycles. The van der Waals surface area contributed by atoms with E-state index in [9.17, 15) is 9.59 Å². The molecule has 6 heteroatoms. The molecule has 4 rings (SSSR count). The highest BCUT2D eigenvalue weighted by molar-refractivity contribution is 6.29. The standard InChI is InChI=1S/C27H30N4O2/c1-3-5-15-30-22-14-13-21-23-20(26(32)31(27(21)33)16-6-4-2)12-11-18(24(22)23)17-9-7-8-10-19(17)25(28)29/h7-14,30H,3-6,15-16H2,1-2H3,(H3,28,29). The number of nitrogens with two attached hydrogens (primary N) is 1. The predicted octanol–water partition coefficient (Wildman–Crippen LogP) is 5.40. The molecule has 1 heterocycles. The van der Waals surface area contributed by atoms with E-state index >= 15 is 0 Å². The number of rotatable bonds is 9. The van der Waals surface area contributed by atoms with E-state index in [-0.39, 0.29) is 17.6 Å². The van der Waals surface area contributed by atoms with E-state index in [4.69, 9.17) is 11.1 Å². The molecule has 3 aromatic rings. The Kier molecular flexibility index (Phi) is 6.45. The quantitative estimate of drug-likeness (QED) is 0.179. The second kappa shape index (κ2) is 9.45. The molecule has 0 saturated carbocycles. The molecule has 2 amide bonds. The summed E-state index contributed by atoms with van der Waals surface area (Å²) in [5.74, 6) is -0.518. The van der Waals surface area contributed by atoms with E-state index in [2.05, 4.69) is 12.2 Å². The Morgan fingerprint density at radius 2 is 1.48 bits per heavy atom. The van der Waals surface area contributed by atoms with Crippen molar-refractivity contribution >= 4 is 34.1 Å². The monoisotopic (exact) mass is 442 g/mol. The third kappa shape index (κ3) is 3.97. The molecule has 4 N–H and O–H groups in total. The highest BCUT2D eigenvalue weighted by Crippen LogP contribution is 2.41. The van der Waals surface area contributed by atoms with Gasteiger partial charge in [-0.05, 0) is 42.2 Å². The van der Waals surface area contributed by atoms with Crippen molar-refractivity contribution in [2.75, 3.05) is 18.4 Å². The van der Waals surface area contributed by atoms with Gasteiger partial charge in [-0.2, -0.15) is 0 Å². The summed E-state index contributed by atoms with van der Waals surface area (Å²) in [6.07, 6.45) is 3.74. The van der Waals surface area contributed by atoms with Gasteiger partial charge in [-0.1, -0.05) is 57.0 Å². The van der Waals surface area contributed by atoms with Crippen LogP contribution in [0.1, 0.15) is 65.8 Å². The molecule has 0 aliphatic carbocycles. The van der Waals surface area contributed by atoms with Crippen LogP contribution in [0.25, 0.3) is 21.9 Å². The van der Waals surface area contributed by atoms with Crippen molar-refractivity contribution in [3.63, 3.8) is 0 Å². The van der Waals surface area contributed by atoms with Gasteiger partial charge in [0.25, 0.3) is 11.8 Å². The van der Waals surface area contributed by atoms with E-state index in [1.807, 2.05) is 55.5 Å². The number of hydrogen-bond acceptors (Lipinski definition) is 4. The van der Waals surface area contributed by atoms with Gasteiger partial charge in [0.05, 0.1) is 0 Å². The van der Waals surface area contributed by atoms with Crippen LogP contribution in [-0.4, -0.2) is 35.6 Å². The normalized spacial score (nSPS) is 13.0. The molecule has 0 saturated heterocycles. The molecule has 0 unspecified atom stereocenters. The summed E-state index contributed by atoms with van der Waals surface area (Å²) in [5, 5.41) is 13.1. The molecule has 0 aromatic heterocycles. The number of imide groups is 1. The van der Waals surface area contributed by atoms with E-state index in [0.717, 1.165) is 54.4 Å². The largest absolute Gasteiger partial charge is 0.385 e. The molecule has 33 heavy (non-hydrogen) atoms. The Labute approximate surface area is 194 Å². The summed E-state index contributed by atoms with van der Waals surface area (Å²) in [4.78, 5) is 28.1. The second-order valence-corrected chi connectivity index (χ2v) is 8.43. The number of amides is 2. The first kappa shape index (κ1) is 22.5. The number of nitrogens with zero attached hydrogens (tertiary/aromatic N) is 1. The maximum absolute atomic E-state index is 13.3. The van der Waals surface area contributed by atoms with Crippen LogP contribution in [0.3, 0.4) is 0 Å². The summed E-state index contributed by atoms with van der Waals surface area (Å²) in [7, 11) is 0. The van der Waals surface area contributed by atoms with Crippen LogP contribution in [0, 0.1) is 5.41 Å². The van der Waals surface area contributed by atoms with Crippen LogP contribution < -0.4 is 11.1 Å². The lowest BCUT2D eigenvalue weighted by Crippen LogP contribution is -2.40. The Morgan fingerprint density at radius 3 is 2.15 bits per heavy atom. The fourth-order valence-electron chi connectivity index (χ4n) is 4.48. The first-order valence-corrected chi connectivity index (χ1v) is 11.6. The summed E-state index contributed by atoms with van der Waals surface area (Å²) < 4.78 is 0. The van der Waals surface area contributed by atoms with Crippen molar-refractivity contribution in [2.24, 2.45) is 5.73 Å². The van der Waals surface area contributed by atoms with Crippen LogP contribution >= 0.6 is 0 Å². The van der Waals surface area contributed by atoms with Crippen molar-refractivity contribution in [3.8, 4) is 11.1 Å². The Bertz CT molecular complexity index is 1230. The average Bonchev–Trinajstić information content (AvgIpc) is 2.82. The second-order valence-electron chi connectivity index (χ2n) is 8.43. The summed E-state index contributed by atoms with van der Waals surface area (Å²) in [6.45, 7) is 5.38. The predicted molar refractivity (Wildman–Crippen MR) is 134 cm³/mol. The number of nitrogens with one attached hydrogen (secondary N) is 2. The zero-order chi connectivity index (χ0) is 23.5. The third-order valence-electron chi connectivity index (χ3n) is 6.20. The minimum Gasteiger partial charge on any atom is -0.385 e. The van der Waals surface area contributed by atoms with Crippen molar-refractivity contribution < 1.29 is 9.59 Å². The molecule has 0 spiro atoms. The fourth-order valence-corrected chi connectivity index (χ4v) is 4.48. The number of unbranched alkanes of at least 4 members (excludes halogenated alkanes) is 2. The number of benzene rings is 3. The summed E-state index contributed by atoms with van der Waals surface area (Å²) in [6, 6.07) is 15.0. The van der Waals surface area contributed by atoms with Gasteiger partial charge in [0, 0.05) is 46.2 Å². The minimum atomic E-state index is -0.247. The number of hydrogen-bond donors (Lipinski definition) is 3. The van der Waals surface area contributed by atoms with Gasteiger partial charge in [-0.3, -0.25) is 19.9 Å². The third-order valence-corrected chi connectivity index (χ3v) is 6.20. The van der Waals surface area contributed by atoms with Crippen LogP contribution in [0.15, 0.2) is 48.5 Å². The highest BCUT2D eigenvalue weighted by Gasteiger charge is 2.34. The number of amidine groups is 1. The first-order chi connectivity index (χ1) is 16.0. The molecule has 1 aliphatic heterocycles. The fraction of sp³-hybridized carbons (Fsp3) is 0.296. The molecular weight excluding hydrogens is 412 g/mol. The maximum atomic E-state index is 13.3. The smallest absolute Gasteiger partial charge is 0.261 e. The van der Waals surface area contributed by atoms with Crippen LogP contribution in [0.4, 0.5) is 5.69 Å². The Morgan fingerprint density at radius 1 is 0.848 bits per heavy atom. The number of carbonyl (C=O) groups is 2. The Balaban J connectivity index is 2.00. The lowest BCUT2D eigenvalue weighted by atomic mass is 9.86. The number of anilines is 1.